The number of nitrogens with one attached hydrogen (secondary N) is 6. The summed E-state index contributed by atoms with van der Waals surface area (Å²) >= 11 is 0. The molecule has 0 aliphatic carbocycles. The number of hydrogen-bond donors (Lipinski definition) is 6. The summed E-state index contributed by atoms with van der Waals surface area (Å²) in [5.41, 5.74) is 39.8. The van der Waals surface area contributed by atoms with Gasteiger partial charge in [-0.3, -0.25) is 0 Å². The summed E-state index contributed by atoms with van der Waals surface area (Å²) in [4.78, 5) is 119. The number of aliphatic carboxylic acids is 6. The Morgan fingerprint density at radius 2 is 0.359 bits per heavy atom. The van der Waals surface area contributed by atoms with E-state index in [0.29, 0.717) is 68.3 Å². The molecule has 128 heavy (non-hydrogen) atoms. The fourth-order valence-electron chi connectivity index (χ4n) is 17.3. The molecule has 15 rings (SSSR count). The Morgan fingerprint density at radius 3 is 0.500 bits per heavy atom. The van der Waals surface area contributed by atoms with E-state index in [1.165, 1.54) is 0 Å². The van der Waals surface area contributed by atoms with Gasteiger partial charge in [-0.1, -0.05) is 75.9 Å². The molecule has 0 atom stereocenters. The van der Waals surface area contributed by atoms with Crippen LogP contribution in [-0.4, -0.2) is 95.6 Å². The van der Waals surface area contributed by atoms with Crippen molar-refractivity contribution in [3.05, 3.63) is 247 Å². The fraction of sp³-hybridized carbons (Fsp3) is 0.235. The van der Waals surface area contributed by atoms with Crippen LogP contribution in [0.15, 0.2) is 112 Å². The number of nitrogens with zero attached hydrogens (tertiary/aromatic N) is 6. The summed E-state index contributed by atoms with van der Waals surface area (Å²) in [6, 6.07) is 23.3. The van der Waals surface area contributed by atoms with Crippen molar-refractivity contribution in [2.45, 2.75) is 160 Å². The monoisotopic (exact) mass is 2000 g/mol. The van der Waals surface area contributed by atoms with Crippen molar-refractivity contribution < 1.29 is 139 Å². The van der Waals surface area contributed by atoms with Crippen LogP contribution >= 0.6 is 0 Å². The molecule has 24 nitrogen and oxygen atoms in total. The Bertz CT molecular complexity index is 6430. The smallest absolute Gasteiger partial charge is 0.550 e. The predicted octanol–water partition coefficient (Wildman–Crippen LogP) is 15.4. The number of allylic oxidation sites excluding steroid dienone is 12. The van der Waals surface area contributed by atoms with E-state index in [2.05, 4.69) is 69.4 Å². The average molecular weight is 2000 g/mol. The number of aromatic amines is 6. The Kier molecular flexibility index (Phi) is 30.4. The molecule has 2 radical (unpaired) electrons. The minimum absolute atomic E-state index is 0. The molecule has 0 amide bonds. The van der Waals surface area contributed by atoms with Crippen molar-refractivity contribution in [3.63, 3.8) is 0 Å². The zero-order valence-corrected chi connectivity index (χ0v) is 77.9. The zero-order valence-electron chi connectivity index (χ0n) is 73.4. The van der Waals surface area contributed by atoms with Crippen LogP contribution < -0.4 is 30.6 Å². The third-order valence-corrected chi connectivity index (χ3v) is 24.6. The number of aryl methyl sites for hydroxylation is 6. The predicted molar refractivity (Wildman–Crippen MR) is 492 cm³/mol. The number of rotatable bonds is 24. The van der Waals surface area contributed by atoms with Crippen LogP contribution in [0.3, 0.4) is 0 Å². The van der Waals surface area contributed by atoms with Gasteiger partial charge in [-0.15, -0.1) is 0 Å². The molecule has 0 saturated carbocycles. The molecule has 0 unspecified atom stereocenters. The number of carbonyl (C=O) groups excluding carboxylic acids is 6. The standard InChI is InChI=1S/3C34H34N4O4.2Gd/c3*1-7-21-17(3)25-13-26-19(5)23(9-11-33(39)40)31(37-26)16-32-24(10-12-34(41)42)20(6)28(38-32)15-30-22(8-2)18(4)27(36-30)14-29(21)35-25;;/h3*7-8,13-16,35-36H,1-2,9-12H2,3-6H3,(H,39,40)(H,41,42);;/q;;;2*+3/p-6. The van der Waals surface area contributed by atoms with E-state index >= 15 is 0 Å². The van der Waals surface area contributed by atoms with Gasteiger partial charge in [0.15, 0.2) is 0 Å². The van der Waals surface area contributed by atoms with Crippen molar-refractivity contribution in [1.82, 2.24) is 59.8 Å². The van der Waals surface area contributed by atoms with Gasteiger partial charge in [0.05, 0.1) is 68.3 Å². The van der Waals surface area contributed by atoms with Crippen molar-refractivity contribution >= 4 is 205 Å². The summed E-state index contributed by atoms with van der Waals surface area (Å²) in [5, 5.41) is 68.4. The van der Waals surface area contributed by atoms with Crippen LogP contribution in [0.4, 0.5) is 0 Å². The largest absolute Gasteiger partial charge is 3.00 e. The second-order valence-electron chi connectivity index (χ2n) is 32.1. The fourth-order valence-corrected chi connectivity index (χ4v) is 17.3. The van der Waals surface area contributed by atoms with E-state index in [1.807, 2.05) is 174 Å². The van der Waals surface area contributed by atoms with Gasteiger partial charge in [-0.05, 0) is 333 Å². The van der Waals surface area contributed by atoms with Gasteiger partial charge in [-0.25, -0.2) is 29.9 Å². The molecule has 652 valence electrons. The normalized spacial score (nSPS) is 12.8. The van der Waals surface area contributed by atoms with E-state index in [4.69, 9.17) is 29.9 Å². The second-order valence-corrected chi connectivity index (χ2v) is 32.1. The van der Waals surface area contributed by atoms with Crippen LogP contribution in [0, 0.1) is 121 Å². The minimum Gasteiger partial charge on any atom is -0.550 e. The van der Waals surface area contributed by atoms with Gasteiger partial charge in [0.1, 0.15) is 0 Å². The Labute approximate surface area is 804 Å². The first-order valence-electron chi connectivity index (χ1n) is 41.5. The van der Waals surface area contributed by atoms with E-state index in [-0.39, 0.29) is 157 Å². The Hall–Kier alpha value is -12.3. The first-order valence-corrected chi connectivity index (χ1v) is 41.5. The number of aromatic nitrogens is 12. The first-order chi connectivity index (χ1) is 60.0. The van der Waals surface area contributed by atoms with Crippen LogP contribution in [0.25, 0.3) is 170 Å². The van der Waals surface area contributed by atoms with Crippen molar-refractivity contribution in [1.29, 1.82) is 0 Å². The summed E-state index contributed by atoms with van der Waals surface area (Å²) < 4.78 is 0. The number of hydrogen-bond acceptors (Lipinski definition) is 18. The molecule has 24 bridgehead atoms. The maximum Gasteiger partial charge on any atom is 3.00 e. The molecular weight excluding hydrogens is 1900 g/mol. The van der Waals surface area contributed by atoms with Gasteiger partial charge >= 0.3 is 79.9 Å². The molecule has 9 aromatic rings. The quantitative estimate of drug-likeness (QED) is 0.0327. The molecular formula is C102H96Gd2N12O12. The third-order valence-electron chi connectivity index (χ3n) is 24.6. The third kappa shape index (κ3) is 19.9. The van der Waals surface area contributed by atoms with E-state index in [9.17, 15) is 59.4 Å². The van der Waals surface area contributed by atoms with E-state index < -0.39 is 35.8 Å². The maximum atomic E-state index is 11.4. The molecule has 0 fully saturated rings. The molecule has 6 aliphatic rings. The molecule has 6 N–H and O–H groups in total. The van der Waals surface area contributed by atoms with Gasteiger partial charge < -0.3 is 89.3 Å². The SMILES string of the molecule is C=Cc1c(C)c2cc3[nH]c(cc4nc(cc5nc(cc1[nH]2)C(C)=C5CCC(=O)[O-])C(CCC(=O)[O-])=C4C)c(C)c3C=C.C=Cc1c(C)c2cc3[nH]c(cc4nc(cc5nc(cc1[nH]2)C(C)=C5CCC(=O)[O-])C(CCC(=O)[O-])=C4C)c(C)c3C=C.C=Cc1c(C)c2cc3[nH]c(cc4nc(cc5nc(cc1[nH]2)C(C)=C5CCC(=O)[O-])C(CCC(=O)[O-])=C4C)c(C)c3C=C.[Gd+3].[Gd+3]. The molecule has 0 spiro atoms. The number of fused-ring (bicyclic) bond motifs is 24. The Balaban J connectivity index is 0.000000185. The number of carboxylic acid groups (broad SMARTS) is 6. The van der Waals surface area contributed by atoms with Crippen molar-refractivity contribution in [3.8, 4) is 0 Å². The molecule has 9 aromatic heterocycles. The summed E-state index contributed by atoms with van der Waals surface area (Å²) in [7, 11) is 0. The second kappa shape index (κ2) is 40.4. The number of carbonyl (C=O) groups is 6. The minimum atomic E-state index is -1.15. The van der Waals surface area contributed by atoms with Crippen LogP contribution in [0.1, 0.15) is 254 Å². The first kappa shape index (κ1) is 96.3. The van der Waals surface area contributed by atoms with Crippen LogP contribution in [0.5, 0.6) is 0 Å². The maximum absolute atomic E-state index is 11.4. The molecule has 6 aliphatic heterocycles. The van der Waals surface area contributed by atoms with Gasteiger partial charge in [0, 0.05) is 135 Å². The van der Waals surface area contributed by atoms with E-state index in [0.717, 1.165) is 200 Å². The average Bonchev–Trinajstić information content (AvgIpc) is 1.62. The summed E-state index contributed by atoms with van der Waals surface area (Å²) in [6.45, 7) is 47.9. The topological polar surface area (TPSA) is 413 Å². The van der Waals surface area contributed by atoms with Crippen molar-refractivity contribution in [2.75, 3.05) is 0 Å². The molecule has 0 aromatic carbocycles. The summed E-state index contributed by atoms with van der Waals surface area (Å²) in [5.74, 6) is -6.87. The summed E-state index contributed by atoms with van der Waals surface area (Å²) in [6.07, 6.45) is 11.4. The molecule has 15 heterocycles. The van der Waals surface area contributed by atoms with Crippen LogP contribution in [0.2, 0.25) is 0 Å². The Morgan fingerprint density at radius 1 is 0.227 bits per heavy atom. The van der Waals surface area contributed by atoms with Gasteiger partial charge in [0.25, 0.3) is 0 Å². The molecule has 0 saturated heterocycles. The van der Waals surface area contributed by atoms with E-state index in [1.54, 1.807) is 18.2 Å². The zero-order chi connectivity index (χ0) is 90.9. The van der Waals surface area contributed by atoms with Crippen molar-refractivity contribution in [2.24, 2.45) is 0 Å². The molecule has 26 heteroatoms. The van der Waals surface area contributed by atoms with Crippen LogP contribution in [-0.2, 0) is 28.8 Å². The van der Waals surface area contributed by atoms with Gasteiger partial charge in [-0.2, -0.15) is 0 Å². The van der Waals surface area contributed by atoms with Gasteiger partial charge in [0.2, 0.25) is 0 Å². The number of carboxylic acids is 6. The number of H-pyrrole nitrogens is 6.